The molecule has 0 bridgehead atoms. The lowest BCUT2D eigenvalue weighted by molar-refractivity contribution is -0.116. The molecule has 0 radical (unpaired) electrons. The van der Waals surface area contributed by atoms with Gasteiger partial charge in [-0.1, -0.05) is 12.1 Å². The number of aromatic nitrogens is 2. The molecule has 5 heteroatoms. The molecular weight excluding hydrogens is 269 g/mol. The van der Waals surface area contributed by atoms with Crippen LogP contribution in [0.2, 0.25) is 0 Å². The Hall–Kier alpha value is -2.17. The molecule has 2 aromatic rings. The Morgan fingerprint density at radius 3 is 2.71 bits per heavy atom. The van der Waals surface area contributed by atoms with Crippen LogP contribution in [0.25, 0.3) is 0 Å². The number of carbonyl (C=O) groups excluding carboxylic acids is 1. The number of benzene rings is 1. The van der Waals surface area contributed by atoms with E-state index in [2.05, 4.69) is 10.4 Å². The SMILES string of the molecule is CCn1ncc(C)c1NC(=O)CCCc1ccc(F)cc1. The topological polar surface area (TPSA) is 46.9 Å². The second-order valence-corrected chi connectivity index (χ2v) is 5.02. The number of halogens is 1. The largest absolute Gasteiger partial charge is 0.311 e. The van der Waals surface area contributed by atoms with Crippen molar-refractivity contribution in [2.24, 2.45) is 0 Å². The number of hydrogen-bond donors (Lipinski definition) is 1. The quantitative estimate of drug-likeness (QED) is 0.886. The maximum atomic E-state index is 12.8. The summed E-state index contributed by atoms with van der Waals surface area (Å²) in [5.74, 6) is 0.513. The van der Waals surface area contributed by atoms with Crippen molar-refractivity contribution < 1.29 is 9.18 Å². The molecule has 0 aliphatic carbocycles. The molecule has 1 aromatic heterocycles. The smallest absolute Gasteiger partial charge is 0.225 e. The predicted octanol–water partition coefficient (Wildman–Crippen LogP) is 3.31. The van der Waals surface area contributed by atoms with Gasteiger partial charge in [-0.3, -0.25) is 4.79 Å². The molecular formula is C16H20FN3O. The van der Waals surface area contributed by atoms with Crippen LogP contribution in [0.1, 0.15) is 30.9 Å². The zero-order chi connectivity index (χ0) is 15.2. The summed E-state index contributed by atoms with van der Waals surface area (Å²) in [4.78, 5) is 12.0. The molecule has 1 amide bonds. The number of carbonyl (C=O) groups is 1. The number of hydrogen-bond acceptors (Lipinski definition) is 2. The lowest BCUT2D eigenvalue weighted by Gasteiger charge is -2.08. The Labute approximate surface area is 124 Å². The van der Waals surface area contributed by atoms with Gasteiger partial charge < -0.3 is 5.32 Å². The van der Waals surface area contributed by atoms with Crippen molar-refractivity contribution >= 4 is 11.7 Å². The number of anilines is 1. The number of aryl methyl sites for hydroxylation is 3. The van der Waals surface area contributed by atoms with Crippen LogP contribution in [0.4, 0.5) is 10.2 Å². The second-order valence-electron chi connectivity index (χ2n) is 5.02. The third-order valence-corrected chi connectivity index (χ3v) is 3.36. The van der Waals surface area contributed by atoms with E-state index in [0.717, 1.165) is 36.3 Å². The van der Waals surface area contributed by atoms with Gasteiger partial charge in [0, 0.05) is 18.5 Å². The van der Waals surface area contributed by atoms with E-state index in [9.17, 15) is 9.18 Å². The van der Waals surface area contributed by atoms with Crippen molar-refractivity contribution in [3.63, 3.8) is 0 Å². The van der Waals surface area contributed by atoms with Gasteiger partial charge in [-0.25, -0.2) is 9.07 Å². The molecule has 4 nitrogen and oxygen atoms in total. The molecule has 0 saturated carbocycles. The number of nitrogens with one attached hydrogen (secondary N) is 1. The van der Waals surface area contributed by atoms with Crippen molar-refractivity contribution in [3.8, 4) is 0 Å². The lowest BCUT2D eigenvalue weighted by Crippen LogP contribution is -2.16. The van der Waals surface area contributed by atoms with Crippen LogP contribution in [-0.4, -0.2) is 15.7 Å². The lowest BCUT2D eigenvalue weighted by atomic mass is 10.1. The van der Waals surface area contributed by atoms with E-state index in [1.807, 2.05) is 13.8 Å². The van der Waals surface area contributed by atoms with Gasteiger partial charge >= 0.3 is 0 Å². The maximum absolute atomic E-state index is 12.8. The first kappa shape index (κ1) is 15.2. The minimum atomic E-state index is -0.236. The Morgan fingerprint density at radius 2 is 2.05 bits per heavy atom. The Kier molecular flexibility index (Phi) is 5.09. The summed E-state index contributed by atoms with van der Waals surface area (Å²) in [5, 5.41) is 7.10. The molecule has 112 valence electrons. The van der Waals surface area contributed by atoms with Gasteiger partial charge in [0.15, 0.2) is 0 Å². The van der Waals surface area contributed by atoms with Crippen LogP contribution >= 0.6 is 0 Å². The van der Waals surface area contributed by atoms with Crippen LogP contribution in [-0.2, 0) is 17.8 Å². The van der Waals surface area contributed by atoms with Crippen LogP contribution < -0.4 is 5.32 Å². The van der Waals surface area contributed by atoms with E-state index < -0.39 is 0 Å². The maximum Gasteiger partial charge on any atom is 0.225 e. The van der Waals surface area contributed by atoms with Crippen LogP contribution in [0.15, 0.2) is 30.5 Å². The minimum absolute atomic E-state index is 0.0181. The molecule has 1 heterocycles. The molecule has 0 saturated heterocycles. The summed E-state index contributed by atoms with van der Waals surface area (Å²) in [6, 6.07) is 6.39. The van der Waals surface area contributed by atoms with Crippen molar-refractivity contribution in [2.45, 2.75) is 39.7 Å². The molecule has 0 aliphatic rings. The minimum Gasteiger partial charge on any atom is -0.311 e. The Balaban J connectivity index is 1.82. The third kappa shape index (κ3) is 4.15. The summed E-state index contributed by atoms with van der Waals surface area (Å²) in [6.07, 6.45) is 3.68. The molecule has 1 aromatic carbocycles. The first-order chi connectivity index (χ1) is 10.1. The van der Waals surface area contributed by atoms with Crippen LogP contribution in [0.3, 0.4) is 0 Å². The van der Waals surface area contributed by atoms with E-state index in [1.165, 1.54) is 12.1 Å². The fourth-order valence-corrected chi connectivity index (χ4v) is 2.18. The molecule has 0 atom stereocenters. The number of amides is 1. The highest BCUT2D eigenvalue weighted by molar-refractivity contribution is 5.90. The molecule has 0 fully saturated rings. The molecule has 0 aliphatic heterocycles. The van der Waals surface area contributed by atoms with Gasteiger partial charge in [-0.15, -0.1) is 0 Å². The first-order valence-electron chi connectivity index (χ1n) is 7.17. The van der Waals surface area contributed by atoms with Crippen molar-refractivity contribution in [3.05, 3.63) is 47.4 Å². The predicted molar refractivity (Wildman–Crippen MR) is 80.6 cm³/mol. The van der Waals surface area contributed by atoms with Crippen molar-refractivity contribution in [1.82, 2.24) is 9.78 Å². The summed E-state index contributed by atoms with van der Waals surface area (Å²) in [6.45, 7) is 4.63. The first-order valence-corrected chi connectivity index (χ1v) is 7.17. The average Bonchev–Trinajstić information content (AvgIpc) is 2.82. The summed E-state index contributed by atoms with van der Waals surface area (Å²) in [7, 11) is 0. The summed E-state index contributed by atoms with van der Waals surface area (Å²) >= 11 is 0. The Morgan fingerprint density at radius 1 is 1.33 bits per heavy atom. The highest BCUT2D eigenvalue weighted by atomic mass is 19.1. The van der Waals surface area contributed by atoms with E-state index in [4.69, 9.17) is 0 Å². The third-order valence-electron chi connectivity index (χ3n) is 3.36. The van der Waals surface area contributed by atoms with Crippen molar-refractivity contribution in [2.75, 3.05) is 5.32 Å². The fraction of sp³-hybridized carbons (Fsp3) is 0.375. The molecule has 21 heavy (non-hydrogen) atoms. The standard InChI is InChI=1S/C16H20FN3O/c1-3-20-16(12(2)11-18-20)19-15(21)6-4-5-13-7-9-14(17)10-8-13/h7-11H,3-6H2,1-2H3,(H,19,21). The molecule has 2 rings (SSSR count). The van der Waals surface area contributed by atoms with Crippen LogP contribution in [0, 0.1) is 12.7 Å². The number of rotatable bonds is 6. The zero-order valence-electron chi connectivity index (χ0n) is 12.4. The molecule has 0 unspecified atom stereocenters. The summed E-state index contributed by atoms with van der Waals surface area (Å²) < 4.78 is 14.6. The van der Waals surface area contributed by atoms with Gasteiger partial charge in [0.25, 0.3) is 0 Å². The summed E-state index contributed by atoms with van der Waals surface area (Å²) in [5.41, 5.74) is 2.00. The van der Waals surface area contributed by atoms with Gasteiger partial charge in [-0.05, 0) is 44.4 Å². The van der Waals surface area contributed by atoms with Crippen molar-refractivity contribution in [1.29, 1.82) is 0 Å². The fourth-order valence-electron chi connectivity index (χ4n) is 2.18. The van der Waals surface area contributed by atoms with Crippen LogP contribution in [0.5, 0.6) is 0 Å². The molecule has 1 N–H and O–H groups in total. The van der Waals surface area contributed by atoms with Gasteiger partial charge in [0.1, 0.15) is 11.6 Å². The number of nitrogens with zero attached hydrogens (tertiary/aromatic N) is 2. The molecule has 0 spiro atoms. The van der Waals surface area contributed by atoms with E-state index in [0.29, 0.717) is 6.42 Å². The highest BCUT2D eigenvalue weighted by Gasteiger charge is 2.09. The highest BCUT2D eigenvalue weighted by Crippen LogP contribution is 2.14. The van der Waals surface area contributed by atoms with E-state index in [-0.39, 0.29) is 11.7 Å². The van der Waals surface area contributed by atoms with Gasteiger partial charge in [0.2, 0.25) is 5.91 Å². The zero-order valence-corrected chi connectivity index (χ0v) is 12.4. The van der Waals surface area contributed by atoms with Gasteiger partial charge in [0.05, 0.1) is 6.20 Å². The monoisotopic (exact) mass is 289 g/mol. The van der Waals surface area contributed by atoms with E-state index in [1.54, 1.807) is 23.0 Å². The average molecular weight is 289 g/mol. The second kappa shape index (κ2) is 7.02. The van der Waals surface area contributed by atoms with E-state index >= 15 is 0 Å². The Bertz CT molecular complexity index is 604. The van der Waals surface area contributed by atoms with Gasteiger partial charge in [-0.2, -0.15) is 5.10 Å². The normalized spacial score (nSPS) is 10.6.